The van der Waals surface area contributed by atoms with Crippen molar-refractivity contribution in [3.8, 4) is 0 Å². The second-order valence-corrected chi connectivity index (χ2v) is 47.3. The van der Waals surface area contributed by atoms with Crippen molar-refractivity contribution in [2.24, 2.45) is 21.0 Å². The molecule has 0 heterocycles. The molecule has 25 nitrogen and oxygen atoms in total. The van der Waals surface area contributed by atoms with Gasteiger partial charge in [-0.25, -0.2) is 71.1 Å². The van der Waals surface area contributed by atoms with E-state index in [0.29, 0.717) is 66.5 Å². The van der Waals surface area contributed by atoms with Crippen molar-refractivity contribution in [2.45, 2.75) is 205 Å². The Kier molecular flexibility index (Phi) is 61.5. The maximum absolute atomic E-state index is 13.7. The minimum Gasteiger partial charge on any atom is -0.444 e. The van der Waals surface area contributed by atoms with Crippen LogP contribution in [0.4, 0.5) is 35.9 Å². The highest BCUT2D eigenvalue weighted by Crippen LogP contribution is 2.28. The van der Waals surface area contributed by atoms with Gasteiger partial charge < -0.3 is 31.6 Å². The number of carbonyl (C=O) groups is 3. The molecular formula is C77H115Br6F6N11O14S8. The molecule has 0 aliphatic rings. The van der Waals surface area contributed by atoms with E-state index in [9.17, 15) is 71.9 Å². The summed E-state index contributed by atoms with van der Waals surface area (Å²) in [6.45, 7) is 38.0. The quantitative estimate of drug-likeness (QED) is 0.0116. The van der Waals surface area contributed by atoms with E-state index < -0.39 is 149 Å². The largest absolute Gasteiger partial charge is 0.444 e. The van der Waals surface area contributed by atoms with Gasteiger partial charge in [-0.15, -0.1) is 0 Å². The van der Waals surface area contributed by atoms with E-state index in [2.05, 4.69) is 125 Å². The first-order valence-corrected chi connectivity index (χ1v) is 46.0. The number of ether oxygens (including phenoxy) is 2. The fourth-order valence-corrected chi connectivity index (χ4v) is 13.5. The lowest BCUT2D eigenvalue weighted by Crippen LogP contribution is -2.42. The SMILES string of the molecule is CC(C)(C)OC(=O)NC[C@@H](N)c1cc(F)cc(Br)c1.CC(C)(C)OC(=O)NC[C@@H](N[S@@](=O)C(C)(C)C)c1cc(F)cc(Br)c1.CC(C)(C)[S@@](N)=O.CC(C)(C)[S@](=O)N=Cc1cc(F)cc(Br)c1.CC(C)(C)[S@](=O)N[C@H](CN)c1cc(F)cc(Br)c1.CC(C)(C)[S@](=O)N[C@H](C[N+](=O)[O-])c1cc(F)cc(Br)c1.C[N+](=O)[O-].O=Cc1cc(F)cc(Br)c1.S.S.S. The van der Waals surface area contributed by atoms with Gasteiger partial charge >= 0.3 is 12.2 Å². The van der Waals surface area contributed by atoms with Crippen molar-refractivity contribution in [3.63, 3.8) is 0 Å². The van der Waals surface area contributed by atoms with Gasteiger partial charge in [-0.05, 0) is 282 Å². The zero-order valence-electron chi connectivity index (χ0n) is 71.6. The summed E-state index contributed by atoms with van der Waals surface area (Å²) >= 11 is 19.1. The third-order valence-electron chi connectivity index (χ3n) is 13.2. The number of amides is 2. The summed E-state index contributed by atoms with van der Waals surface area (Å²) in [6, 6.07) is 23.6. The molecule has 0 unspecified atom stereocenters. The van der Waals surface area contributed by atoms with Crippen molar-refractivity contribution in [1.29, 1.82) is 0 Å². The summed E-state index contributed by atoms with van der Waals surface area (Å²) in [7, 11) is -5.75. The average molecular weight is 2270 g/mol. The Morgan fingerprint density at radius 2 is 0.721 bits per heavy atom. The van der Waals surface area contributed by atoms with E-state index in [1.807, 2.05) is 83.1 Å². The monoisotopic (exact) mass is 2260 g/mol. The number of rotatable bonds is 20. The molecule has 11 N–H and O–H groups in total. The van der Waals surface area contributed by atoms with Gasteiger partial charge in [-0.3, -0.25) is 30.2 Å². The molecule has 694 valence electrons. The van der Waals surface area contributed by atoms with Gasteiger partial charge in [0.05, 0.1) is 79.8 Å². The normalized spacial score (nSPS) is 13.5. The van der Waals surface area contributed by atoms with E-state index in [1.165, 1.54) is 79.0 Å². The van der Waals surface area contributed by atoms with E-state index in [4.69, 9.17) is 36.2 Å². The number of nitrogens with zero attached hydrogens (tertiary/aromatic N) is 3. The van der Waals surface area contributed by atoms with Crippen LogP contribution >= 0.6 is 136 Å². The first-order valence-electron chi connectivity index (χ1n) is 35.4. The molecule has 6 aromatic rings. The molecule has 122 heavy (non-hydrogen) atoms. The minimum absolute atomic E-state index is 0. The Morgan fingerprint density at radius 3 is 1.01 bits per heavy atom. The summed E-state index contributed by atoms with van der Waals surface area (Å²) in [4.78, 5) is 52.0. The van der Waals surface area contributed by atoms with Crippen LogP contribution in [0.5, 0.6) is 0 Å². The molecule has 0 aromatic heterocycles. The lowest BCUT2D eigenvalue weighted by Gasteiger charge is -2.26. The molecule has 0 aliphatic carbocycles. The Morgan fingerprint density at radius 1 is 0.451 bits per heavy atom. The van der Waals surface area contributed by atoms with Crippen molar-refractivity contribution in [1.82, 2.24) is 24.8 Å². The van der Waals surface area contributed by atoms with Crippen LogP contribution in [0.15, 0.2) is 140 Å². The Labute approximate surface area is 797 Å². The van der Waals surface area contributed by atoms with Crippen LogP contribution < -0.4 is 41.4 Å². The highest BCUT2D eigenvalue weighted by atomic mass is 79.9. The molecule has 6 rings (SSSR count). The molecule has 45 heteroatoms. The number of nitro groups is 2. The Hall–Kier alpha value is -3.98. The second kappa shape index (κ2) is 59.3. The van der Waals surface area contributed by atoms with Crippen molar-refractivity contribution >= 4 is 216 Å². The summed E-state index contributed by atoms with van der Waals surface area (Å²) in [5, 5.41) is 29.8. The molecule has 0 bridgehead atoms. The molecule has 0 saturated heterocycles. The van der Waals surface area contributed by atoms with Crippen molar-refractivity contribution < 1.29 is 81.1 Å². The van der Waals surface area contributed by atoms with E-state index in [1.54, 1.807) is 98.7 Å². The van der Waals surface area contributed by atoms with Gasteiger partial charge in [-0.2, -0.15) is 44.9 Å². The first kappa shape index (κ1) is 127. The van der Waals surface area contributed by atoms with Crippen LogP contribution in [0.2, 0.25) is 0 Å². The van der Waals surface area contributed by atoms with E-state index >= 15 is 0 Å². The van der Waals surface area contributed by atoms with E-state index in [0.717, 1.165) is 7.05 Å². The number of aldehydes is 1. The molecule has 0 radical (unpaired) electrons. The predicted octanol–water partition coefficient (Wildman–Crippen LogP) is 19.4. The number of nitrogens with two attached hydrogens (primary N) is 3. The second-order valence-electron chi connectivity index (χ2n) is 32.1. The Balaban J connectivity index is -0.000000440. The van der Waals surface area contributed by atoms with Gasteiger partial charge in [0.1, 0.15) is 69.4 Å². The number of nitrogens with one attached hydrogen (secondary N) is 5. The first-order chi connectivity index (χ1) is 54.0. The van der Waals surface area contributed by atoms with Crippen molar-refractivity contribution in [2.75, 3.05) is 33.2 Å². The smallest absolute Gasteiger partial charge is 0.407 e. The summed E-state index contributed by atoms with van der Waals surface area (Å²) in [5.74, 6) is -2.41. The molecule has 9 atom stereocenters. The number of alkyl carbamates (subject to hydrolysis) is 2. The van der Waals surface area contributed by atoms with Gasteiger partial charge in [0.15, 0.2) is 7.05 Å². The van der Waals surface area contributed by atoms with Gasteiger partial charge in [0.2, 0.25) is 6.54 Å². The average Bonchev–Trinajstić information content (AvgIpc) is 0.844. The molecule has 0 spiro atoms. The molecule has 6 aromatic carbocycles. The number of hydrogen-bond acceptors (Lipinski definition) is 16. The molecule has 0 saturated carbocycles. The number of halogens is 12. The van der Waals surface area contributed by atoms with Crippen LogP contribution in [0.25, 0.3) is 0 Å². The maximum Gasteiger partial charge on any atom is 0.407 e. The predicted molar refractivity (Wildman–Crippen MR) is 519 cm³/mol. The zero-order valence-corrected chi connectivity index (χ0v) is 88.1. The number of carbonyl (C=O) groups excluding carboxylic acids is 3. The maximum atomic E-state index is 13.7. The lowest BCUT2D eigenvalue weighted by molar-refractivity contribution is -0.483. The van der Waals surface area contributed by atoms with Gasteiger partial charge in [0, 0.05) is 74.1 Å². The number of hydrogen-bond donors (Lipinski definition) is 8. The van der Waals surface area contributed by atoms with Crippen LogP contribution in [-0.2, 0) is 64.4 Å². The minimum atomic E-state index is -1.49. The lowest BCUT2D eigenvalue weighted by atomic mass is 10.1. The molecule has 0 fully saturated rings. The zero-order chi connectivity index (χ0) is 93.0. The van der Waals surface area contributed by atoms with Crippen LogP contribution in [0.1, 0.15) is 208 Å². The molecule has 2 amide bonds. The third-order valence-corrected chi connectivity index (χ3v) is 23.3. The topological polar surface area (TPSA) is 392 Å². The summed E-state index contributed by atoms with van der Waals surface area (Å²) in [6.07, 6.45) is 0.901. The summed E-state index contributed by atoms with van der Waals surface area (Å²) < 4.78 is 162. The van der Waals surface area contributed by atoms with E-state index in [-0.39, 0.29) is 88.4 Å². The van der Waals surface area contributed by atoms with Gasteiger partial charge in [-0.1, -0.05) is 95.6 Å². The fraction of sp³-hybridized carbons (Fsp3) is 0.481. The Bertz CT molecular complexity index is 4340. The highest BCUT2D eigenvalue weighted by Gasteiger charge is 2.30. The summed E-state index contributed by atoms with van der Waals surface area (Å²) in [5.41, 5.74) is 13.5. The van der Waals surface area contributed by atoms with Crippen LogP contribution in [0.3, 0.4) is 0 Å². The standard InChI is InChI=1S/C17H26BrFN2O3S.C13H18BrFN2O2.C12H16BrFN2O3S.C12H18BrFN2OS.C11H13BrFNOS.C7H4BrFO.C4H11NOS.CH3NO2.3H2S/c1-16(2,3)24-15(22)20-10-14(21-25(23)17(4,5)6)11-7-12(18)9-13(19)8-11;1-13(2,3)19-12(18)17-7-11(16)8-4-9(14)6-10(15)5-8;1-12(2,3)20(19)15-11(7-16(17)18)8-4-9(13)6-10(14)5-8;1-12(2,3)18(17)16-11(7-15)8-4-9(13)6-10(14)5-8;1-11(2,3)16(15)14-7-8-4-9(12)6-10(13)5-8;8-6-1-5(4-10)2-7(9)3-6;1-4(2,3)7(5)6;1-2(3)4;;;/h7-9,14,21H,10H2,1-6H3,(H,20,22);4-6,11H,7,16H2,1-3H3,(H,17,18);4-6,11,15H,7H2,1-3H3;4-6,11,16H,7,15H2,1-3H3;4-7H,1-3H3;1-4H;5H2,1-3H3;1H3;3*1H2/t14-,25+;11-;11-,20+;11-,18+;16-;;7-;;;;/m11110.0..../s1. The molecular weight excluding hydrogens is 2150 g/mol. The van der Waals surface area contributed by atoms with Crippen LogP contribution in [0, 0.1) is 55.1 Å². The fourth-order valence-electron chi connectivity index (χ4n) is 7.56. The van der Waals surface area contributed by atoms with Crippen molar-refractivity contribution in [3.05, 3.63) is 225 Å². The van der Waals surface area contributed by atoms with Gasteiger partial charge in [0.25, 0.3) is 0 Å². The van der Waals surface area contributed by atoms with Crippen LogP contribution in [-0.4, -0.2) is 124 Å². The third kappa shape index (κ3) is 60.7. The number of benzene rings is 6. The highest BCUT2D eigenvalue weighted by molar-refractivity contribution is 9.11. The molecule has 0 aliphatic heterocycles.